The molecule has 0 bridgehead atoms. The highest BCUT2D eigenvalue weighted by Crippen LogP contribution is 2.30. The van der Waals surface area contributed by atoms with Gasteiger partial charge >= 0.3 is 0 Å². The molecule has 0 aromatic carbocycles. The Kier molecular flexibility index (Phi) is 5.67. The minimum atomic E-state index is -0.0878. The lowest BCUT2D eigenvalue weighted by atomic mass is 9.86. The molecule has 1 heterocycles. The van der Waals surface area contributed by atoms with Crippen LogP contribution in [0, 0.1) is 0 Å². The molecule has 23 heavy (non-hydrogen) atoms. The predicted octanol–water partition coefficient (Wildman–Crippen LogP) is 2.69. The first-order valence-electron chi connectivity index (χ1n) is 9.77. The predicted molar refractivity (Wildman–Crippen MR) is 93.6 cm³/mol. The zero-order valence-electron chi connectivity index (χ0n) is 15.3. The molecule has 2 atom stereocenters. The van der Waals surface area contributed by atoms with E-state index < -0.39 is 0 Å². The third kappa shape index (κ3) is 4.91. The molecule has 4 heteroatoms. The Bertz CT molecular complexity index is 368. The van der Waals surface area contributed by atoms with Crippen LogP contribution >= 0.6 is 0 Å². The maximum absolute atomic E-state index is 10.2. The molecule has 2 unspecified atom stereocenters. The van der Waals surface area contributed by atoms with Crippen LogP contribution in [0.5, 0.6) is 0 Å². The van der Waals surface area contributed by atoms with Gasteiger partial charge in [-0.05, 0) is 59.3 Å². The fourth-order valence-electron chi connectivity index (χ4n) is 4.55. The van der Waals surface area contributed by atoms with Gasteiger partial charge in [0.2, 0.25) is 0 Å². The van der Waals surface area contributed by atoms with Gasteiger partial charge in [0, 0.05) is 31.2 Å². The van der Waals surface area contributed by atoms with E-state index in [9.17, 15) is 5.11 Å². The topological polar surface area (TPSA) is 44.7 Å². The molecule has 0 aromatic rings. The van der Waals surface area contributed by atoms with E-state index in [1.54, 1.807) is 0 Å². The van der Waals surface area contributed by atoms with Gasteiger partial charge in [0.05, 0.1) is 17.8 Å². The number of nitrogens with zero attached hydrogens (tertiary/aromatic N) is 1. The molecule has 0 spiro atoms. The van der Waals surface area contributed by atoms with Crippen molar-refractivity contribution >= 4 is 0 Å². The van der Waals surface area contributed by atoms with Crippen LogP contribution in [-0.4, -0.2) is 59.0 Å². The molecule has 0 radical (unpaired) electrons. The Morgan fingerprint density at radius 3 is 2.22 bits per heavy atom. The van der Waals surface area contributed by atoms with Crippen molar-refractivity contribution in [3.8, 4) is 0 Å². The summed E-state index contributed by atoms with van der Waals surface area (Å²) in [6, 6.07) is 1.74. The highest BCUT2D eigenvalue weighted by atomic mass is 16.5. The summed E-state index contributed by atoms with van der Waals surface area (Å²) in [5, 5.41) is 14.1. The van der Waals surface area contributed by atoms with E-state index in [1.165, 1.54) is 44.9 Å². The molecular formula is C19H36N2O2. The van der Waals surface area contributed by atoms with E-state index in [2.05, 4.69) is 31.0 Å². The van der Waals surface area contributed by atoms with Gasteiger partial charge in [-0.1, -0.05) is 12.8 Å². The molecule has 3 fully saturated rings. The number of aliphatic hydroxyl groups is 1. The second kappa shape index (κ2) is 7.38. The third-order valence-corrected chi connectivity index (χ3v) is 5.78. The lowest BCUT2D eigenvalue weighted by molar-refractivity contribution is -0.104. The molecular weight excluding hydrogens is 288 g/mol. The van der Waals surface area contributed by atoms with Gasteiger partial charge in [-0.25, -0.2) is 0 Å². The van der Waals surface area contributed by atoms with Crippen molar-refractivity contribution in [2.24, 2.45) is 0 Å². The van der Waals surface area contributed by atoms with E-state index in [-0.39, 0.29) is 11.7 Å². The summed E-state index contributed by atoms with van der Waals surface area (Å²) in [7, 11) is 0. The van der Waals surface area contributed by atoms with E-state index in [4.69, 9.17) is 4.74 Å². The Morgan fingerprint density at radius 1 is 0.957 bits per heavy atom. The van der Waals surface area contributed by atoms with Crippen LogP contribution in [0.3, 0.4) is 0 Å². The molecule has 2 saturated carbocycles. The first-order chi connectivity index (χ1) is 10.9. The van der Waals surface area contributed by atoms with Crippen molar-refractivity contribution in [1.29, 1.82) is 0 Å². The molecule has 0 amide bonds. The highest BCUT2D eigenvalue weighted by molar-refractivity contribution is 4.92. The van der Waals surface area contributed by atoms with Crippen LogP contribution in [-0.2, 0) is 4.74 Å². The van der Waals surface area contributed by atoms with E-state index in [0.717, 1.165) is 19.5 Å². The van der Waals surface area contributed by atoms with Gasteiger partial charge < -0.3 is 15.2 Å². The number of ether oxygens (including phenoxy) is 1. The molecule has 3 rings (SSSR count). The fourth-order valence-corrected chi connectivity index (χ4v) is 4.55. The quantitative estimate of drug-likeness (QED) is 0.834. The van der Waals surface area contributed by atoms with Crippen LogP contribution in [0.25, 0.3) is 0 Å². The zero-order chi connectivity index (χ0) is 16.4. The Balaban J connectivity index is 1.34. The molecule has 1 aliphatic heterocycles. The maximum Gasteiger partial charge on any atom is 0.0695 e. The average molecular weight is 325 g/mol. The molecule has 134 valence electrons. The molecule has 4 nitrogen and oxygen atoms in total. The van der Waals surface area contributed by atoms with Crippen LogP contribution in [0.4, 0.5) is 0 Å². The van der Waals surface area contributed by atoms with Crippen molar-refractivity contribution in [1.82, 2.24) is 10.2 Å². The van der Waals surface area contributed by atoms with Crippen LogP contribution in [0.2, 0.25) is 0 Å². The first-order valence-corrected chi connectivity index (χ1v) is 9.77. The van der Waals surface area contributed by atoms with E-state index in [0.29, 0.717) is 24.2 Å². The zero-order valence-corrected chi connectivity index (χ0v) is 15.3. The number of hydrogen-bond acceptors (Lipinski definition) is 4. The second-order valence-electron chi connectivity index (χ2n) is 8.92. The molecule has 3 aliphatic rings. The SMILES string of the molecule is CC(C)(C)OC1CC(NC2CCN(C3CCCCC3O)CC2)C1. The number of likely N-dealkylation sites (tertiary alicyclic amines) is 1. The Labute approximate surface area is 142 Å². The van der Waals surface area contributed by atoms with Crippen molar-refractivity contribution in [3.63, 3.8) is 0 Å². The molecule has 1 saturated heterocycles. The van der Waals surface area contributed by atoms with Crippen LogP contribution in [0.15, 0.2) is 0 Å². The van der Waals surface area contributed by atoms with Crippen molar-refractivity contribution in [2.45, 2.75) is 108 Å². The monoisotopic (exact) mass is 324 g/mol. The largest absolute Gasteiger partial charge is 0.391 e. The fraction of sp³-hybridized carbons (Fsp3) is 1.00. The van der Waals surface area contributed by atoms with E-state index in [1.807, 2.05) is 0 Å². The summed E-state index contributed by atoms with van der Waals surface area (Å²) in [5.41, 5.74) is -0.0121. The number of rotatable bonds is 4. The summed E-state index contributed by atoms with van der Waals surface area (Å²) in [5.74, 6) is 0. The molecule has 2 aliphatic carbocycles. The van der Waals surface area contributed by atoms with Crippen molar-refractivity contribution in [2.75, 3.05) is 13.1 Å². The maximum atomic E-state index is 10.2. The van der Waals surface area contributed by atoms with Gasteiger partial charge in [-0.2, -0.15) is 0 Å². The second-order valence-corrected chi connectivity index (χ2v) is 8.92. The van der Waals surface area contributed by atoms with Gasteiger partial charge in [0.25, 0.3) is 0 Å². The third-order valence-electron chi connectivity index (χ3n) is 5.78. The summed E-state index contributed by atoms with van der Waals surface area (Å²) in [6.07, 6.45) is 9.83. The number of nitrogens with one attached hydrogen (secondary N) is 1. The lowest BCUT2D eigenvalue weighted by Crippen LogP contribution is -2.55. The number of piperidine rings is 1. The molecule has 2 N–H and O–H groups in total. The summed E-state index contributed by atoms with van der Waals surface area (Å²) in [4.78, 5) is 2.55. The lowest BCUT2D eigenvalue weighted by Gasteiger charge is -2.45. The van der Waals surface area contributed by atoms with Crippen molar-refractivity contribution in [3.05, 3.63) is 0 Å². The average Bonchev–Trinajstić information content (AvgIpc) is 2.45. The number of aliphatic hydroxyl groups excluding tert-OH is 1. The minimum Gasteiger partial charge on any atom is -0.391 e. The summed E-state index contributed by atoms with van der Waals surface area (Å²) >= 11 is 0. The minimum absolute atomic E-state index is 0.0121. The normalized spacial score (nSPS) is 37.6. The van der Waals surface area contributed by atoms with Gasteiger partial charge in [0.15, 0.2) is 0 Å². The first kappa shape index (κ1) is 17.7. The highest BCUT2D eigenvalue weighted by Gasteiger charge is 2.36. The van der Waals surface area contributed by atoms with E-state index >= 15 is 0 Å². The van der Waals surface area contributed by atoms with Gasteiger partial charge in [-0.15, -0.1) is 0 Å². The van der Waals surface area contributed by atoms with Gasteiger partial charge in [0.1, 0.15) is 0 Å². The summed E-state index contributed by atoms with van der Waals surface area (Å²) in [6.45, 7) is 8.72. The van der Waals surface area contributed by atoms with Crippen LogP contribution in [0.1, 0.15) is 72.1 Å². The Morgan fingerprint density at radius 2 is 1.61 bits per heavy atom. The number of hydrogen-bond donors (Lipinski definition) is 2. The standard InChI is InChI=1S/C19H36N2O2/c1-19(2,3)23-16-12-15(13-16)20-14-8-10-21(11-9-14)17-6-4-5-7-18(17)22/h14-18,20,22H,4-13H2,1-3H3. The smallest absolute Gasteiger partial charge is 0.0695 e. The van der Waals surface area contributed by atoms with Gasteiger partial charge in [-0.3, -0.25) is 4.90 Å². The van der Waals surface area contributed by atoms with Crippen LogP contribution < -0.4 is 5.32 Å². The van der Waals surface area contributed by atoms with Crippen molar-refractivity contribution < 1.29 is 9.84 Å². The summed E-state index contributed by atoms with van der Waals surface area (Å²) < 4.78 is 6.03. The Hall–Kier alpha value is -0.160. The molecule has 0 aromatic heterocycles.